The van der Waals surface area contributed by atoms with Crippen molar-refractivity contribution in [2.45, 2.75) is 18.1 Å². The molecule has 0 saturated carbocycles. The van der Waals surface area contributed by atoms with Crippen LogP contribution in [0.25, 0.3) is 0 Å². The first-order valence-electron chi connectivity index (χ1n) is 5.11. The molecule has 0 aliphatic rings. The largest absolute Gasteiger partial charge is 0.463 e. The average Bonchev–Trinajstić information content (AvgIpc) is 2.35. The number of aliphatic hydroxyl groups is 1. The fourth-order valence-corrected chi connectivity index (χ4v) is 1.30. The number of halogens is 5. The van der Waals surface area contributed by atoms with Crippen LogP contribution >= 0.6 is 0 Å². The number of hydrogen-bond donors (Lipinski definition) is 2. The lowest BCUT2D eigenvalue weighted by Crippen LogP contribution is -2.51. The molecule has 0 unspecified atom stereocenters. The van der Waals surface area contributed by atoms with E-state index >= 15 is 0 Å². The van der Waals surface area contributed by atoms with Crippen LogP contribution < -0.4 is 5.32 Å². The molecule has 2 N–H and O–H groups in total. The summed E-state index contributed by atoms with van der Waals surface area (Å²) in [4.78, 5) is 11.0. The minimum atomic E-state index is -5.98. The Kier molecular flexibility index (Phi) is 4.46. The predicted molar refractivity (Wildman–Crippen MR) is 55.4 cm³/mol. The van der Waals surface area contributed by atoms with Gasteiger partial charge < -0.3 is 10.4 Å². The number of alkyl halides is 5. The average molecular weight is 283 g/mol. The van der Waals surface area contributed by atoms with Crippen molar-refractivity contribution in [3.63, 3.8) is 0 Å². The van der Waals surface area contributed by atoms with Gasteiger partial charge in [0.05, 0.1) is 12.6 Å². The molecule has 0 aliphatic carbocycles. The van der Waals surface area contributed by atoms with Gasteiger partial charge in [-0.15, -0.1) is 0 Å². The number of rotatable bonds is 4. The molecule has 0 aromatic heterocycles. The zero-order valence-electron chi connectivity index (χ0n) is 9.42. The Labute approximate surface area is 105 Å². The molecule has 1 amide bonds. The number of aliphatic hydroxyl groups excluding tert-OH is 1. The quantitative estimate of drug-likeness (QED) is 0.831. The molecular weight excluding hydrogens is 273 g/mol. The Hall–Kier alpha value is -1.70. The lowest BCUT2D eigenvalue weighted by molar-refractivity contribution is -0.270. The second kappa shape index (κ2) is 5.52. The number of nitrogens with one attached hydrogen (secondary N) is 1. The van der Waals surface area contributed by atoms with Gasteiger partial charge in [-0.3, -0.25) is 4.79 Å². The summed E-state index contributed by atoms with van der Waals surface area (Å²) in [5.41, 5.74) is 0.219. The molecule has 1 aromatic rings. The first-order chi connectivity index (χ1) is 8.70. The lowest BCUT2D eigenvalue weighted by Gasteiger charge is -2.22. The second-order valence-corrected chi connectivity index (χ2v) is 3.69. The van der Waals surface area contributed by atoms with E-state index in [0.29, 0.717) is 0 Å². The van der Waals surface area contributed by atoms with E-state index in [9.17, 15) is 26.7 Å². The molecule has 0 bridgehead atoms. The highest BCUT2D eigenvalue weighted by atomic mass is 19.4. The smallest absolute Gasteiger partial charge is 0.394 e. The molecule has 1 aromatic carbocycles. The van der Waals surface area contributed by atoms with Gasteiger partial charge in [-0.2, -0.15) is 22.0 Å². The van der Waals surface area contributed by atoms with Gasteiger partial charge >= 0.3 is 18.0 Å². The van der Waals surface area contributed by atoms with Crippen LogP contribution in [-0.4, -0.2) is 29.7 Å². The normalized spacial score (nSPS) is 14.0. The molecule has 0 radical (unpaired) electrons. The summed E-state index contributed by atoms with van der Waals surface area (Å²) in [7, 11) is 0. The van der Waals surface area contributed by atoms with E-state index in [1.807, 2.05) is 0 Å². The number of carbonyl (C=O) groups excluding carboxylic acids is 1. The Morgan fingerprint density at radius 2 is 1.68 bits per heavy atom. The van der Waals surface area contributed by atoms with Crippen molar-refractivity contribution in [2.75, 3.05) is 6.61 Å². The van der Waals surface area contributed by atoms with Crippen LogP contribution in [0, 0.1) is 0 Å². The SMILES string of the molecule is O=C(N[C@@H](CO)c1ccccc1)C(F)(F)C(F)(F)F. The monoisotopic (exact) mass is 283 g/mol. The van der Waals surface area contributed by atoms with Gasteiger partial charge in [0.1, 0.15) is 0 Å². The lowest BCUT2D eigenvalue weighted by atomic mass is 10.1. The third-order valence-electron chi connectivity index (χ3n) is 2.33. The summed E-state index contributed by atoms with van der Waals surface area (Å²) in [5, 5.41) is 10.4. The van der Waals surface area contributed by atoms with Crippen molar-refractivity contribution in [1.29, 1.82) is 0 Å². The number of amides is 1. The van der Waals surface area contributed by atoms with E-state index in [-0.39, 0.29) is 5.56 Å². The van der Waals surface area contributed by atoms with Gasteiger partial charge in [0.15, 0.2) is 0 Å². The molecule has 3 nitrogen and oxygen atoms in total. The van der Waals surface area contributed by atoms with Crippen molar-refractivity contribution < 1.29 is 31.9 Å². The third kappa shape index (κ3) is 3.40. The van der Waals surface area contributed by atoms with Crippen LogP contribution in [0.5, 0.6) is 0 Å². The van der Waals surface area contributed by atoms with Crippen molar-refractivity contribution in [3.8, 4) is 0 Å². The molecule has 1 rings (SSSR count). The van der Waals surface area contributed by atoms with Crippen LogP contribution in [0.4, 0.5) is 22.0 Å². The second-order valence-electron chi connectivity index (χ2n) is 3.69. The van der Waals surface area contributed by atoms with Crippen LogP contribution in [0.2, 0.25) is 0 Å². The summed E-state index contributed by atoms with van der Waals surface area (Å²) < 4.78 is 61.3. The molecule has 8 heteroatoms. The summed E-state index contributed by atoms with van der Waals surface area (Å²) >= 11 is 0. The first-order valence-corrected chi connectivity index (χ1v) is 5.11. The Bertz CT molecular complexity index is 432. The van der Waals surface area contributed by atoms with Crippen LogP contribution in [-0.2, 0) is 4.79 Å². The van der Waals surface area contributed by atoms with Gasteiger partial charge in [-0.1, -0.05) is 30.3 Å². The highest BCUT2D eigenvalue weighted by molar-refractivity contribution is 5.84. The van der Waals surface area contributed by atoms with Gasteiger partial charge in [0, 0.05) is 0 Å². The van der Waals surface area contributed by atoms with Crippen molar-refractivity contribution in [3.05, 3.63) is 35.9 Å². The molecule has 1 atom stereocenters. The predicted octanol–water partition coefficient (Wildman–Crippen LogP) is 2.03. The molecule has 0 fully saturated rings. The van der Waals surface area contributed by atoms with Crippen LogP contribution in [0.15, 0.2) is 30.3 Å². The molecular formula is C11H10F5NO2. The van der Waals surface area contributed by atoms with Crippen molar-refractivity contribution in [2.24, 2.45) is 0 Å². The fraction of sp³-hybridized carbons (Fsp3) is 0.364. The highest BCUT2D eigenvalue weighted by Crippen LogP contribution is 2.35. The zero-order chi connectivity index (χ0) is 14.7. The third-order valence-corrected chi connectivity index (χ3v) is 2.33. The molecule has 0 aliphatic heterocycles. The van der Waals surface area contributed by atoms with E-state index < -0.39 is 30.7 Å². The van der Waals surface area contributed by atoms with E-state index in [1.165, 1.54) is 29.6 Å². The number of carbonyl (C=O) groups is 1. The maximum atomic E-state index is 12.7. The minimum Gasteiger partial charge on any atom is -0.394 e. The summed E-state index contributed by atoms with van der Waals surface area (Å²) in [5.74, 6) is -8.00. The molecule has 0 saturated heterocycles. The first kappa shape index (κ1) is 15.4. The summed E-state index contributed by atoms with van der Waals surface area (Å²) in [6.45, 7) is -0.802. The van der Waals surface area contributed by atoms with Crippen molar-refractivity contribution in [1.82, 2.24) is 5.32 Å². The highest BCUT2D eigenvalue weighted by Gasteiger charge is 2.63. The Balaban J connectivity index is 2.86. The topological polar surface area (TPSA) is 49.3 Å². The van der Waals surface area contributed by atoms with Gasteiger partial charge in [0.2, 0.25) is 0 Å². The van der Waals surface area contributed by atoms with Gasteiger partial charge in [0.25, 0.3) is 0 Å². The number of hydrogen-bond acceptors (Lipinski definition) is 2. The van der Waals surface area contributed by atoms with E-state index in [2.05, 4.69) is 0 Å². The van der Waals surface area contributed by atoms with Gasteiger partial charge in [-0.25, -0.2) is 0 Å². The Morgan fingerprint density at radius 3 is 2.11 bits per heavy atom. The number of benzene rings is 1. The molecule has 0 spiro atoms. The maximum absolute atomic E-state index is 12.7. The Morgan fingerprint density at radius 1 is 1.16 bits per heavy atom. The van der Waals surface area contributed by atoms with E-state index in [4.69, 9.17) is 5.11 Å². The standard InChI is InChI=1S/C11H10F5NO2/c12-10(13,11(14,15)16)9(19)17-8(6-18)7-4-2-1-3-5-7/h1-5,8,18H,6H2,(H,17,19)/t8-/m0/s1. The maximum Gasteiger partial charge on any atom is 0.463 e. The van der Waals surface area contributed by atoms with Gasteiger partial charge in [-0.05, 0) is 5.56 Å². The van der Waals surface area contributed by atoms with E-state index in [1.54, 1.807) is 6.07 Å². The van der Waals surface area contributed by atoms with Crippen molar-refractivity contribution >= 4 is 5.91 Å². The van der Waals surface area contributed by atoms with Crippen LogP contribution in [0.3, 0.4) is 0 Å². The zero-order valence-corrected chi connectivity index (χ0v) is 9.42. The summed E-state index contributed by atoms with van der Waals surface area (Å²) in [6, 6.07) is 6.00. The minimum absolute atomic E-state index is 0.219. The fourth-order valence-electron chi connectivity index (χ4n) is 1.30. The summed E-state index contributed by atoms with van der Waals surface area (Å²) in [6.07, 6.45) is -5.98. The molecule has 19 heavy (non-hydrogen) atoms. The van der Waals surface area contributed by atoms with Crippen LogP contribution in [0.1, 0.15) is 11.6 Å². The molecule has 106 valence electrons. The van der Waals surface area contributed by atoms with E-state index in [0.717, 1.165) is 0 Å². The molecule has 0 heterocycles.